The summed E-state index contributed by atoms with van der Waals surface area (Å²) in [5.74, 6) is -0.284. The van der Waals surface area contributed by atoms with Crippen molar-refractivity contribution in [2.45, 2.75) is 6.42 Å². The van der Waals surface area contributed by atoms with Crippen LogP contribution in [-0.2, 0) is 16.0 Å². The molecule has 1 aliphatic heterocycles. The van der Waals surface area contributed by atoms with Crippen molar-refractivity contribution >= 4 is 34.2 Å². The van der Waals surface area contributed by atoms with Gasteiger partial charge in [-0.15, -0.1) is 11.3 Å². The van der Waals surface area contributed by atoms with Gasteiger partial charge in [-0.1, -0.05) is 12.1 Å². The number of piperazine rings is 1. The fraction of sp³-hybridized carbons (Fsp3) is 0.353. The van der Waals surface area contributed by atoms with Crippen molar-refractivity contribution in [2.24, 2.45) is 0 Å². The number of methoxy groups -OCH3 is 1. The van der Waals surface area contributed by atoms with E-state index < -0.39 is 6.09 Å². The normalized spacial score (nSPS) is 14.2. The molecular weight excluding hydrogens is 359 g/mol. The standard InChI is InChI=1S/C17H19FN4O3S/c1-25-17(24)20-16-19-12(11-26-16)10-15(23)22-8-6-21(7-9-22)14-5-3-2-4-13(14)18/h2-5,11H,6-10H2,1H3,(H,19,20,24). The van der Waals surface area contributed by atoms with E-state index >= 15 is 0 Å². The summed E-state index contributed by atoms with van der Waals surface area (Å²) in [6, 6.07) is 6.65. The molecule has 0 spiro atoms. The molecule has 1 aromatic carbocycles. The van der Waals surface area contributed by atoms with Gasteiger partial charge in [0.25, 0.3) is 0 Å². The zero-order chi connectivity index (χ0) is 18.5. The molecule has 1 N–H and O–H groups in total. The molecule has 2 heterocycles. The lowest BCUT2D eigenvalue weighted by Gasteiger charge is -2.36. The Morgan fingerprint density at radius 1 is 1.27 bits per heavy atom. The molecule has 0 aliphatic carbocycles. The third kappa shape index (κ3) is 4.29. The zero-order valence-electron chi connectivity index (χ0n) is 14.3. The van der Waals surface area contributed by atoms with Crippen LogP contribution >= 0.6 is 11.3 Å². The van der Waals surface area contributed by atoms with Gasteiger partial charge in [0.05, 0.1) is 24.9 Å². The Hall–Kier alpha value is -2.68. The van der Waals surface area contributed by atoms with E-state index in [4.69, 9.17) is 0 Å². The van der Waals surface area contributed by atoms with Crippen LogP contribution in [-0.4, -0.2) is 55.2 Å². The minimum absolute atomic E-state index is 0.0342. The van der Waals surface area contributed by atoms with Gasteiger partial charge in [-0.25, -0.2) is 14.2 Å². The summed E-state index contributed by atoms with van der Waals surface area (Å²) in [6.45, 7) is 2.23. The number of hydrogen-bond acceptors (Lipinski definition) is 6. The van der Waals surface area contributed by atoms with Gasteiger partial charge in [-0.2, -0.15) is 0 Å². The predicted octanol–water partition coefficient (Wildman–Crippen LogP) is 2.35. The maximum Gasteiger partial charge on any atom is 0.413 e. The number of benzene rings is 1. The van der Waals surface area contributed by atoms with Gasteiger partial charge in [0.1, 0.15) is 5.82 Å². The number of carbonyl (C=O) groups excluding carboxylic acids is 2. The lowest BCUT2D eigenvalue weighted by atomic mass is 10.2. The first-order valence-corrected chi connectivity index (χ1v) is 9.01. The molecule has 2 amide bonds. The van der Waals surface area contributed by atoms with Gasteiger partial charge >= 0.3 is 6.09 Å². The molecule has 138 valence electrons. The first-order valence-electron chi connectivity index (χ1n) is 8.13. The molecule has 0 bridgehead atoms. The van der Waals surface area contributed by atoms with Crippen LogP contribution in [0.4, 0.5) is 20.0 Å². The van der Waals surface area contributed by atoms with Gasteiger partial charge in [-0.3, -0.25) is 10.1 Å². The van der Waals surface area contributed by atoms with Crippen molar-refractivity contribution in [3.63, 3.8) is 0 Å². The third-order valence-electron chi connectivity index (χ3n) is 4.10. The van der Waals surface area contributed by atoms with E-state index in [0.29, 0.717) is 42.7 Å². The second-order valence-corrected chi connectivity index (χ2v) is 6.61. The van der Waals surface area contributed by atoms with Gasteiger partial charge in [-0.05, 0) is 12.1 Å². The highest BCUT2D eigenvalue weighted by Crippen LogP contribution is 2.21. The van der Waals surface area contributed by atoms with Crippen LogP contribution in [0, 0.1) is 5.82 Å². The maximum absolute atomic E-state index is 13.9. The third-order valence-corrected chi connectivity index (χ3v) is 4.91. The number of hydrogen-bond donors (Lipinski definition) is 1. The topological polar surface area (TPSA) is 74.8 Å². The highest BCUT2D eigenvalue weighted by atomic mass is 32.1. The minimum Gasteiger partial charge on any atom is -0.453 e. The van der Waals surface area contributed by atoms with Crippen molar-refractivity contribution in [1.82, 2.24) is 9.88 Å². The fourth-order valence-corrected chi connectivity index (χ4v) is 3.45. The highest BCUT2D eigenvalue weighted by Gasteiger charge is 2.23. The minimum atomic E-state index is -0.596. The Balaban J connectivity index is 1.52. The van der Waals surface area contributed by atoms with Crippen molar-refractivity contribution in [3.05, 3.63) is 41.2 Å². The highest BCUT2D eigenvalue weighted by molar-refractivity contribution is 7.13. The van der Waals surface area contributed by atoms with E-state index in [2.05, 4.69) is 15.0 Å². The summed E-state index contributed by atoms with van der Waals surface area (Å²) in [4.78, 5) is 31.5. The summed E-state index contributed by atoms with van der Waals surface area (Å²) in [6.07, 6.45) is -0.430. The SMILES string of the molecule is COC(=O)Nc1nc(CC(=O)N2CCN(c3ccccc3F)CC2)cs1. The Kier molecular flexibility index (Phi) is 5.67. The summed E-state index contributed by atoms with van der Waals surface area (Å²) >= 11 is 1.24. The van der Waals surface area contributed by atoms with Gasteiger partial charge in [0, 0.05) is 31.6 Å². The quantitative estimate of drug-likeness (QED) is 0.884. The molecule has 7 nitrogen and oxygen atoms in total. The van der Waals surface area contributed by atoms with E-state index in [1.807, 2.05) is 4.90 Å². The number of thiazole rings is 1. The van der Waals surface area contributed by atoms with Crippen LogP contribution in [0.15, 0.2) is 29.6 Å². The molecule has 0 atom stereocenters. The Labute approximate surface area is 154 Å². The molecule has 2 aromatic rings. The second kappa shape index (κ2) is 8.13. The number of carbonyl (C=O) groups is 2. The smallest absolute Gasteiger partial charge is 0.413 e. The molecule has 3 rings (SSSR count). The monoisotopic (exact) mass is 378 g/mol. The molecule has 9 heteroatoms. The Morgan fingerprint density at radius 2 is 2.00 bits per heavy atom. The van der Waals surface area contributed by atoms with Crippen LogP contribution in [0.5, 0.6) is 0 Å². The summed E-state index contributed by atoms with van der Waals surface area (Å²) in [5, 5.41) is 4.60. The summed E-state index contributed by atoms with van der Waals surface area (Å²) < 4.78 is 18.4. The van der Waals surface area contributed by atoms with Crippen molar-refractivity contribution < 1.29 is 18.7 Å². The Bertz CT molecular complexity index is 790. The molecule has 1 aromatic heterocycles. The Morgan fingerprint density at radius 3 is 2.69 bits per heavy atom. The van der Waals surface area contributed by atoms with E-state index in [0.717, 1.165) is 0 Å². The first kappa shape index (κ1) is 18.1. The molecule has 0 saturated carbocycles. The summed E-state index contributed by atoms with van der Waals surface area (Å²) in [7, 11) is 1.27. The molecule has 1 aliphatic rings. The predicted molar refractivity (Wildman–Crippen MR) is 97.0 cm³/mol. The number of rotatable bonds is 4. The van der Waals surface area contributed by atoms with Gasteiger partial charge in [0.2, 0.25) is 5.91 Å². The molecule has 0 unspecified atom stereocenters. The number of anilines is 2. The number of para-hydroxylation sites is 1. The largest absolute Gasteiger partial charge is 0.453 e. The molecular formula is C17H19FN4O3S. The molecule has 1 fully saturated rings. The van der Waals surface area contributed by atoms with Gasteiger partial charge < -0.3 is 14.5 Å². The number of halogens is 1. The number of amides is 2. The van der Waals surface area contributed by atoms with Crippen LogP contribution in [0.3, 0.4) is 0 Å². The van der Waals surface area contributed by atoms with E-state index in [1.165, 1.54) is 24.5 Å². The average molecular weight is 378 g/mol. The molecule has 26 heavy (non-hydrogen) atoms. The maximum atomic E-state index is 13.9. The molecule has 1 saturated heterocycles. The van der Waals surface area contributed by atoms with Crippen molar-refractivity contribution in [1.29, 1.82) is 0 Å². The zero-order valence-corrected chi connectivity index (χ0v) is 15.1. The van der Waals surface area contributed by atoms with Gasteiger partial charge in [0.15, 0.2) is 5.13 Å². The number of nitrogens with zero attached hydrogens (tertiary/aromatic N) is 3. The summed E-state index contributed by atoms with van der Waals surface area (Å²) in [5.41, 5.74) is 1.17. The van der Waals surface area contributed by atoms with E-state index in [9.17, 15) is 14.0 Å². The van der Waals surface area contributed by atoms with Crippen LogP contribution in [0.25, 0.3) is 0 Å². The lowest BCUT2D eigenvalue weighted by molar-refractivity contribution is -0.130. The fourth-order valence-electron chi connectivity index (χ4n) is 2.76. The lowest BCUT2D eigenvalue weighted by Crippen LogP contribution is -2.49. The average Bonchev–Trinajstić information content (AvgIpc) is 3.09. The van der Waals surface area contributed by atoms with Crippen LogP contribution in [0.1, 0.15) is 5.69 Å². The number of aromatic nitrogens is 1. The number of nitrogens with one attached hydrogen (secondary N) is 1. The van der Waals surface area contributed by atoms with Crippen molar-refractivity contribution in [3.8, 4) is 0 Å². The number of ether oxygens (including phenoxy) is 1. The van der Waals surface area contributed by atoms with Crippen molar-refractivity contribution in [2.75, 3.05) is 43.5 Å². The van der Waals surface area contributed by atoms with E-state index in [-0.39, 0.29) is 18.1 Å². The van der Waals surface area contributed by atoms with E-state index in [1.54, 1.807) is 28.5 Å². The second-order valence-electron chi connectivity index (χ2n) is 5.76. The van der Waals surface area contributed by atoms with Crippen LogP contribution in [0.2, 0.25) is 0 Å². The molecule has 0 radical (unpaired) electrons. The first-order chi connectivity index (χ1) is 12.6. The van der Waals surface area contributed by atoms with Crippen LogP contribution < -0.4 is 10.2 Å².